The first-order chi connectivity index (χ1) is 16.1. The quantitative estimate of drug-likeness (QED) is 0.343. The van der Waals surface area contributed by atoms with E-state index in [4.69, 9.17) is 8.83 Å². The monoisotopic (exact) mass is 458 g/mol. The second-order valence-electron chi connectivity index (χ2n) is 8.43. The van der Waals surface area contributed by atoms with E-state index >= 15 is 0 Å². The largest absolute Gasteiger partial charge is 0.461 e. The summed E-state index contributed by atoms with van der Waals surface area (Å²) < 4.78 is 11.4. The highest BCUT2D eigenvalue weighted by atomic mass is 32.1. The Morgan fingerprint density at radius 2 is 1.88 bits per heavy atom. The number of likely N-dealkylation sites (tertiary alicyclic amines) is 1. The van der Waals surface area contributed by atoms with Crippen molar-refractivity contribution in [3.8, 4) is 11.6 Å². The molecule has 33 heavy (non-hydrogen) atoms. The molecule has 0 saturated carbocycles. The number of thiophene rings is 1. The molecule has 7 nitrogen and oxygen atoms in total. The van der Waals surface area contributed by atoms with Crippen molar-refractivity contribution >= 4 is 38.6 Å². The zero-order valence-electron chi connectivity index (χ0n) is 18.4. The average Bonchev–Trinajstić information content (AvgIpc) is 3.57. The minimum atomic E-state index is 0.0606. The summed E-state index contributed by atoms with van der Waals surface area (Å²) in [5, 5.41) is 0.958. The van der Waals surface area contributed by atoms with Gasteiger partial charge < -0.3 is 13.7 Å². The van der Waals surface area contributed by atoms with Crippen LogP contribution in [0.4, 0.5) is 0 Å². The number of para-hydroxylation sites is 2. The van der Waals surface area contributed by atoms with E-state index in [1.165, 1.54) is 11.3 Å². The van der Waals surface area contributed by atoms with Crippen molar-refractivity contribution in [3.05, 3.63) is 64.7 Å². The summed E-state index contributed by atoms with van der Waals surface area (Å²) >= 11 is 1.44. The molecule has 5 aromatic rings. The normalized spacial score (nSPS) is 15.0. The zero-order valence-corrected chi connectivity index (χ0v) is 19.2. The Hall–Kier alpha value is -3.52. The highest BCUT2D eigenvalue weighted by Crippen LogP contribution is 2.35. The van der Waals surface area contributed by atoms with Crippen molar-refractivity contribution in [3.63, 3.8) is 0 Å². The van der Waals surface area contributed by atoms with E-state index in [-0.39, 0.29) is 11.8 Å². The maximum absolute atomic E-state index is 13.4. The third-order valence-electron chi connectivity index (χ3n) is 6.35. The van der Waals surface area contributed by atoms with Crippen LogP contribution < -0.4 is 0 Å². The van der Waals surface area contributed by atoms with Gasteiger partial charge >= 0.3 is 0 Å². The zero-order chi connectivity index (χ0) is 22.5. The van der Waals surface area contributed by atoms with Gasteiger partial charge in [-0.1, -0.05) is 12.1 Å². The molecule has 0 bridgehead atoms. The number of hydrogen-bond donors (Lipinski definition) is 0. The fourth-order valence-electron chi connectivity index (χ4n) is 4.60. The van der Waals surface area contributed by atoms with Crippen molar-refractivity contribution in [1.29, 1.82) is 0 Å². The third-order valence-corrected chi connectivity index (χ3v) is 7.52. The molecular weight excluding hydrogens is 436 g/mol. The van der Waals surface area contributed by atoms with Crippen LogP contribution in [0.25, 0.3) is 32.9 Å². The molecule has 1 fully saturated rings. The highest BCUT2D eigenvalue weighted by molar-refractivity contribution is 7.20. The molecule has 166 valence electrons. The van der Waals surface area contributed by atoms with Crippen LogP contribution in [0, 0.1) is 13.8 Å². The van der Waals surface area contributed by atoms with Gasteiger partial charge in [0.15, 0.2) is 23.1 Å². The number of aryl methyl sites for hydroxylation is 2. The summed E-state index contributed by atoms with van der Waals surface area (Å²) in [6.45, 7) is 5.30. The number of carbonyl (C=O) groups is 1. The molecule has 0 unspecified atom stereocenters. The molecule has 1 aliphatic rings. The van der Waals surface area contributed by atoms with Crippen molar-refractivity contribution < 1.29 is 13.6 Å². The Balaban J connectivity index is 1.24. The summed E-state index contributed by atoms with van der Waals surface area (Å²) in [6.07, 6.45) is 3.28. The van der Waals surface area contributed by atoms with E-state index in [1.807, 2.05) is 55.1 Å². The molecule has 1 aliphatic heterocycles. The van der Waals surface area contributed by atoms with Crippen molar-refractivity contribution in [1.82, 2.24) is 19.9 Å². The number of hydrogen-bond acceptors (Lipinski definition) is 7. The van der Waals surface area contributed by atoms with Crippen LogP contribution in [0.5, 0.6) is 0 Å². The lowest BCUT2D eigenvalue weighted by molar-refractivity contribution is 0.0711. The Kier molecular flexibility index (Phi) is 4.76. The number of nitrogens with zero attached hydrogens (tertiary/aromatic N) is 4. The van der Waals surface area contributed by atoms with Gasteiger partial charge in [0.05, 0.1) is 16.8 Å². The lowest BCUT2D eigenvalue weighted by Gasteiger charge is -2.30. The molecule has 1 aromatic carbocycles. The van der Waals surface area contributed by atoms with Gasteiger partial charge in [0.2, 0.25) is 0 Å². The smallest absolute Gasteiger partial charge is 0.264 e. The van der Waals surface area contributed by atoms with E-state index in [1.54, 1.807) is 6.26 Å². The maximum Gasteiger partial charge on any atom is 0.264 e. The molecule has 0 aliphatic carbocycles. The number of furan rings is 1. The number of rotatable bonds is 3. The van der Waals surface area contributed by atoms with Gasteiger partial charge in [-0.3, -0.25) is 4.79 Å². The molecule has 4 aromatic heterocycles. The molecule has 0 spiro atoms. The van der Waals surface area contributed by atoms with E-state index < -0.39 is 0 Å². The van der Waals surface area contributed by atoms with Crippen LogP contribution >= 0.6 is 11.3 Å². The average molecular weight is 459 g/mol. The SMILES string of the molecule is Cc1nc(-c2ccco2)nc2sc(C(=O)N3CCC(c4nc5ccccc5o4)CC3)c(C)c12. The number of amides is 1. The minimum Gasteiger partial charge on any atom is -0.461 e. The number of piperidine rings is 1. The van der Waals surface area contributed by atoms with Crippen molar-refractivity contribution in [2.75, 3.05) is 13.1 Å². The Morgan fingerprint density at radius 3 is 2.64 bits per heavy atom. The predicted octanol–water partition coefficient (Wildman–Crippen LogP) is 5.73. The first-order valence-corrected chi connectivity index (χ1v) is 11.9. The number of carbonyl (C=O) groups excluding carboxylic acids is 1. The molecule has 0 atom stereocenters. The minimum absolute atomic E-state index is 0.0606. The molecule has 8 heteroatoms. The van der Waals surface area contributed by atoms with E-state index in [0.29, 0.717) is 24.7 Å². The van der Waals surface area contributed by atoms with Gasteiger partial charge in [-0.25, -0.2) is 15.0 Å². The molecule has 5 heterocycles. The fraction of sp³-hybridized carbons (Fsp3) is 0.280. The van der Waals surface area contributed by atoms with E-state index in [9.17, 15) is 4.79 Å². The van der Waals surface area contributed by atoms with Gasteiger partial charge in [0, 0.05) is 24.4 Å². The fourth-order valence-corrected chi connectivity index (χ4v) is 5.80. The predicted molar refractivity (Wildman–Crippen MR) is 126 cm³/mol. The van der Waals surface area contributed by atoms with Crippen LogP contribution in [0.15, 0.2) is 51.5 Å². The highest BCUT2D eigenvalue weighted by Gasteiger charge is 2.30. The second-order valence-corrected chi connectivity index (χ2v) is 9.43. The molecule has 1 saturated heterocycles. The molecular formula is C25H22N4O3S. The second kappa shape index (κ2) is 7.81. The van der Waals surface area contributed by atoms with Gasteiger partial charge in [0.1, 0.15) is 10.3 Å². The Labute approximate surface area is 194 Å². The summed E-state index contributed by atoms with van der Waals surface area (Å²) in [7, 11) is 0. The molecule has 0 N–H and O–H groups in total. The topological polar surface area (TPSA) is 85.3 Å². The van der Waals surface area contributed by atoms with Crippen LogP contribution in [0.2, 0.25) is 0 Å². The summed E-state index contributed by atoms with van der Waals surface area (Å²) in [6, 6.07) is 11.5. The van der Waals surface area contributed by atoms with Crippen LogP contribution in [0.3, 0.4) is 0 Å². The van der Waals surface area contributed by atoms with Crippen LogP contribution in [-0.4, -0.2) is 38.8 Å². The van der Waals surface area contributed by atoms with Crippen LogP contribution in [0.1, 0.15) is 45.6 Å². The van der Waals surface area contributed by atoms with Gasteiger partial charge in [-0.15, -0.1) is 11.3 Å². The van der Waals surface area contributed by atoms with Crippen LogP contribution in [-0.2, 0) is 0 Å². The number of fused-ring (bicyclic) bond motifs is 2. The first kappa shape index (κ1) is 20.1. The lowest BCUT2D eigenvalue weighted by Crippen LogP contribution is -2.37. The maximum atomic E-state index is 13.4. The third kappa shape index (κ3) is 3.41. The van der Waals surface area contributed by atoms with Crippen molar-refractivity contribution in [2.45, 2.75) is 32.6 Å². The van der Waals surface area contributed by atoms with Gasteiger partial charge in [0.25, 0.3) is 5.91 Å². The van der Waals surface area contributed by atoms with Gasteiger partial charge in [-0.2, -0.15) is 0 Å². The summed E-state index contributed by atoms with van der Waals surface area (Å²) in [5.41, 5.74) is 3.51. The molecule has 6 rings (SSSR count). The van der Waals surface area contributed by atoms with E-state index in [0.717, 1.165) is 56.2 Å². The summed E-state index contributed by atoms with van der Waals surface area (Å²) in [4.78, 5) is 30.9. The first-order valence-electron chi connectivity index (χ1n) is 11.0. The Bertz CT molecular complexity index is 1440. The van der Waals surface area contributed by atoms with E-state index in [2.05, 4.69) is 15.0 Å². The number of aromatic nitrogens is 3. The standard InChI is InChI=1S/C25H22N4O3S/c1-14-20-15(2)26-22(19-8-5-13-31-19)28-24(20)33-21(14)25(30)29-11-9-16(10-12-29)23-27-17-6-3-4-7-18(17)32-23/h3-8,13,16H,9-12H2,1-2H3. The van der Waals surface area contributed by atoms with Gasteiger partial charge in [-0.05, 0) is 56.5 Å². The number of oxazole rings is 1. The van der Waals surface area contributed by atoms with Crippen molar-refractivity contribution in [2.24, 2.45) is 0 Å². The molecule has 1 amide bonds. The Morgan fingerprint density at radius 1 is 1.06 bits per heavy atom. The molecule has 0 radical (unpaired) electrons. The number of benzene rings is 1. The lowest BCUT2D eigenvalue weighted by atomic mass is 9.96. The summed E-state index contributed by atoms with van der Waals surface area (Å²) in [5.74, 6) is 2.24.